The molecule has 4 unspecified atom stereocenters. The van der Waals surface area contributed by atoms with Crippen molar-refractivity contribution in [1.82, 2.24) is 0 Å². The van der Waals surface area contributed by atoms with E-state index in [1.165, 1.54) is 6.42 Å². The fraction of sp³-hybridized carbons (Fsp3) is 0.762. The fourth-order valence-electron chi connectivity index (χ4n) is 3.19. The third kappa shape index (κ3) is 11.1. The molecule has 0 aliphatic carbocycles. The molecule has 0 spiro atoms. The first kappa shape index (κ1) is 24.3. The van der Waals surface area contributed by atoms with E-state index < -0.39 is 13.9 Å². The zero-order chi connectivity index (χ0) is 21.0. The number of ether oxygens (including phenoxy) is 2. The summed E-state index contributed by atoms with van der Waals surface area (Å²) in [6, 6.07) is 0. The number of hydrogen-bond donors (Lipinski definition) is 1. The van der Waals surface area contributed by atoms with Gasteiger partial charge in [-0.05, 0) is 38.5 Å². The van der Waals surface area contributed by atoms with Gasteiger partial charge in [0.1, 0.15) is 12.7 Å². The van der Waals surface area contributed by atoms with Gasteiger partial charge < -0.3 is 14.4 Å². The van der Waals surface area contributed by atoms with Crippen LogP contribution in [0.2, 0.25) is 0 Å². The van der Waals surface area contributed by atoms with E-state index in [9.17, 15) is 9.36 Å². The summed E-state index contributed by atoms with van der Waals surface area (Å²) in [6.45, 7) is 2.09. The number of allylic oxidation sites excluding steroid dienone is 3. The van der Waals surface area contributed by atoms with Gasteiger partial charge in [0.05, 0.1) is 18.8 Å². The highest BCUT2D eigenvalue weighted by atomic mass is 31.2. The number of esters is 1. The average molecular weight is 430 g/mol. The molecule has 4 atom stereocenters. The van der Waals surface area contributed by atoms with Gasteiger partial charge in [0.15, 0.2) is 0 Å². The monoisotopic (exact) mass is 430 g/mol. The van der Waals surface area contributed by atoms with Crippen LogP contribution in [-0.4, -0.2) is 42.4 Å². The highest BCUT2D eigenvalue weighted by molar-refractivity contribution is 7.47. The van der Waals surface area contributed by atoms with Gasteiger partial charge in [-0.15, -0.1) is 0 Å². The third-order valence-electron chi connectivity index (χ3n) is 4.95. The number of rotatable bonds is 15. The van der Waals surface area contributed by atoms with E-state index in [1.54, 1.807) is 0 Å². The predicted octanol–water partition coefficient (Wildman–Crippen LogP) is 4.85. The van der Waals surface area contributed by atoms with Crippen LogP contribution in [0.1, 0.15) is 71.1 Å². The summed E-state index contributed by atoms with van der Waals surface area (Å²) in [5.41, 5.74) is 0. The van der Waals surface area contributed by atoms with E-state index in [0.717, 1.165) is 51.4 Å². The second-order valence-corrected chi connectivity index (χ2v) is 8.92. The van der Waals surface area contributed by atoms with Crippen molar-refractivity contribution < 1.29 is 32.8 Å². The Balaban J connectivity index is 1.33. The summed E-state index contributed by atoms with van der Waals surface area (Å²) in [6.07, 6.45) is 19.0. The van der Waals surface area contributed by atoms with Crippen molar-refractivity contribution in [3.63, 3.8) is 0 Å². The molecule has 2 aliphatic rings. The van der Waals surface area contributed by atoms with Crippen molar-refractivity contribution in [1.29, 1.82) is 0 Å². The van der Waals surface area contributed by atoms with Crippen molar-refractivity contribution in [3.8, 4) is 0 Å². The van der Waals surface area contributed by atoms with Gasteiger partial charge in [-0.3, -0.25) is 13.8 Å². The lowest BCUT2D eigenvalue weighted by molar-refractivity contribution is -0.146. The number of unbranched alkanes of at least 4 members (excludes halogenated alkanes) is 5. The molecule has 0 aromatic carbocycles. The Morgan fingerprint density at radius 3 is 2.59 bits per heavy atom. The quantitative estimate of drug-likeness (QED) is 0.130. The number of carbonyl (C=O) groups excluding carboxylic acids is 1. The molecule has 0 aromatic heterocycles. The van der Waals surface area contributed by atoms with Gasteiger partial charge in [-0.1, -0.05) is 50.5 Å². The maximum absolute atomic E-state index is 11.6. The second-order valence-electron chi connectivity index (χ2n) is 7.52. The number of epoxide rings is 1. The van der Waals surface area contributed by atoms with E-state index in [2.05, 4.69) is 35.8 Å². The van der Waals surface area contributed by atoms with Gasteiger partial charge in [-0.25, -0.2) is 4.57 Å². The number of phosphoric acid groups is 1. The van der Waals surface area contributed by atoms with Crippen LogP contribution >= 0.6 is 7.82 Å². The molecule has 2 heterocycles. The van der Waals surface area contributed by atoms with Crippen molar-refractivity contribution in [2.75, 3.05) is 13.2 Å². The molecule has 8 heteroatoms. The minimum Gasteiger partial charge on any atom is -0.463 e. The van der Waals surface area contributed by atoms with Gasteiger partial charge in [0, 0.05) is 6.42 Å². The molecular weight excluding hydrogens is 395 g/mol. The molecule has 166 valence electrons. The summed E-state index contributed by atoms with van der Waals surface area (Å²) in [5.74, 6) is -0.303. The molecule has 0 bridgehead atoms. The van der Waals surface area contributed by atoms with Crippen molar-refractivity contribution in [2.45, 2.75) is 89.4 Å². The van der Waals surface area contributed by atoms with Crippen LogP contribution in [0.4, 0.5) is 0 Å². The zero-order valence-corrected chi connectivity index (χ0v) is 18.3. The summed E-state index contributed by atoms with van der Waals surface area (Å²) in [5, 5.41) is 0. The predicted molar refractivity (Wildman–Crippen MR) is 110 cm³/mol. The SMILES string of the molecule is CCC1OC1C/C=C\C/C=C\CCCCCCCC(=O)OCC1COP(=O)(O)O1. The first-order valence-corrected chi connectivity index (χ1v) is 12.3. The van der Waals surface area contributed by atoms with E-state index in [0.29, 0.717) is 18.6 Å². The lowest BCUT2D eigenvalue weighted by Gasteiger charge is -2.08. The molecule has 2 fully saturated rings. The van der Waals surface area contributed by atoms with Gasteiger partial charge in [0.25, 0.3) is 0 Å². The molecule has 0 amide bonds. The van der Waals surface area contributed by atoms with Crippen LogP contribution in [0.5, 0.6) is 0 Å². The Hall–Kier alpha value is -0.980. The normalized spacial score (nSPS) is 29.1. The fourth-order valence-corrected chi connectivity index (χ4v) is 4.10. The van der Waals surface area contributed by atoms with E-state index in [1.807, 2.05) is 0 Å². The Bertz CT molecular complexity index is 590. The largest absolute Gasteiger partial charge is 0.472 e. The van der Waals surface area contributed by atoms with Crippen molar-refractivity contribution >= 4 is 13.8 Å². The molecule has 29 heavy (non-hydrogen) atoms. The molecule has 2 saturated heterocycles. The van der Waals surface area contributed by atoms with E-state index in [4.69, 9.17) is 18.9 Å². The van der Waals surface area contributed by atoms with Gasteiger partial charge in [-0.2, -0.15) is 0 Å². The van der Waals surface area contributed by atoms with Gasteiger partial charge in [0.2, 0.25) is 0 Å². The summed E-state index contributed by atoms with van der Waals surface area (Å²) < 4.78 is 30.9. The van der Waals surface area contributed by atoms with Crippen molar-refractivity contribution in [3.05, 3.63) is 24.3 Å². The summed E-state index contributed by atoms with van der Waals surface area (Å²) in [7, 11) is -3.92. The minimum absolute atomic E-state index is 0.0272. The Morgan fingerprint density at radius 1 is 1.10 bits per heavy atom. The third-order valence-corrected chi connectivity index (χ3v) is 5.99. The lowest BCUT2D eigenvalue weighted by Crippen LogP contribution is -2.20. The molecule has 1 N–H and O–H groups in total. The van der Waals surface area contributed by atoms with Crippen LogP contribution in [0.25, 0.3) is 0 Å². The van der Waals surface area contributed by atoms with Crippen LogP contribution in [-0.2, 0) is 27.9 Å². The highest BCUT2D eigenvalue weighted by Crippen LogP contribution is 2.49. The number of hydrogen-bond acceptors (Lipinski definition) is 6. The van der Waals surface area contributed by atoms with Crippen LogP contribution in [0.15, 0.2) is 24.3 Å². The van der Waals surface area contributed by atoms with Crippen molar-refractivity contribution in [2.24, 2.45) is 0 Å². The molecule has 2 rings (SSSR count). The first-order chi connectivity index (χ1) is 14.0. The minimum atomic E-state index is -3.92. The maximum atomic E-state index is 11.6. The van der Waals surface area contributed by atoms with E-state index in [-0.39, 0.29) is 19.2 Å². The molecular formula is C21H35O7P. The molecule has 0 aromatic rings. The highest BCUT2D eigenvalue weighted by Gasteiger charge is 2.36. The lowest BCUT2D eigenvalue weighted by atomic mass is 10.1. The topological polar surface area (TPSA) is 94.6 Å². The Kier molecular flexibility index (Phi) is 11.2. The second kappa shape index (κ2) is 13.3. The zero-order valence-electron chi connectivity index (χ0n) is 17.4. The van der Waals surface area contributed by atoms with Gasteiger partial charge >= 0.3 is 13.8 Å². The smallest absolute Gasteiger partial charge is 0.463 e. The molecule has 2 aliphatic heterocycles. The maximum Gasteiger partial charge on any atom is 0.472 e. The molecule has 0 saturated carbocycles. The summed E-state index contributed by atoms with van der Waals surface area (Å²) in [4.78, 5) is 20.7. The first-order valence-electron chi connectivity index (χ1n) is 10.8. The molecule has 7 nitrogen and oxygen atoms in total. The summed E-state index contributed by atoms with van der Waals surface area (Å²) >= 11 is 0. The van der Waals surface area contributed by atoms with E-state index >= 15 is 0 Å². The van der Waals surface area contributed by atoms with Crippen LogP contribution < -0.4 is 0 Å². The average Bonchev–Trinajstić information content (AvgIpc) is 3.37. The number of phosphoric ester groups is 1. The Labute approximate surface area is 174 Å². The molecule has 0 radical (unpaired) electrons. The Morgan fingerprint density at radius 2 is 1.86 bits per heavy atom. The standard InChI is InChI=1S/C21H35O7P/c1-2-19-20(27-19)14-12-10-8-6-4-3-5-7-9-11-13-15-21(22)25-16-18-17-26-29(23,24)28-18/h4,6,10,12,18-20H,2-3,5,7-9,11,13-17H2,1H3,(H,23,24)/b6-4-,12-10-. The van der Waals surface area contributed by atoms with Crippen LogP contribution in [0.3, 0.4) is 0 Å². The van der Waals surface area contributed by atoms with Crippen LogP contribution in [0, 0.1) is 0 Å². The number of carbonyl (C=O) groups is 1.